The molecule has 0 nitrogen and oxygen atoms in total. The van der Waals surface area contributed by atoms with E-state index in [1.165, 1.54) is 71.3 Å². The number of hydrogen-bond donors (Lipinski definition) is 0. The predicted octanol–water partition coefficient (Wildman–Crippen LogP) is 16.7. The molecule has 0 atom stereocenters. The average Bonchev–Trinajstić information content (AvgIpc) is 3.34. The molecule has 0 unspecified atom stereocenters. The first-order valence-electron chi connectivity index (χ1n) is 21.3. The minimum atomic E-state index is 1.15. The van der Waals surface area contributed by atoms with Gasteiger partial charge in [-0.3, -0.25) is 0 Å². The summed E-state index contributed by atoms with van der Waals surface area (Å²) in [5, 5.41) is 7.38. The van der Waals surface area contributed by atoms with Crippen LogP contribution in [0, 0.1) is 0 Å². The maximum Gasteiger partial charge on any atom is -0.00990 e. The lowest BCUT2D eigenvalue weighted by atomic mass is 9.90. The summed E-state index contributed by atoms with van der Waals surface area (Å²) in [6.45, 7) is 0. The Balaban J connectivity index is 1.06. The van der Waals surface area contributed by atoms with Gasteiger partial charge >= 0.3 is 0 Å². The average molecular weight is 789 g/mol. The monoisotopic (exact) mass is 788 g/mol. The highest BCUT2D eigenvalue weighted by Gasteiger charge is 2.13. The summed E-state index contributed by atoms with van der Waals surface area (Å²) in [6, 6.07) is 82.6. The molecule has 292 valence electrons. The molecule has 0 spiro atoms. The molecule has 10 aromatic rings. The van der Waals surface area contributed by atoms with Gasteiger partial charge in [0.15, 0.2) is 0 Å². The van der Waals surface area contributed by atoms with Crippen LogP contribution in [-0.2, 0) is 0 Å². The van der Waals surface area contributed by atoms with Crippen molar-refractivity contribution >= 4 is 79.9 Å². The molecule has 0 aliphatic rings. The molecule has 0 N–H and O–H groups in total. The summed E-state index contributed by atoms with van der Waals surface area (Å²) in [4.78, 5) is 0. The molecule has 0 saturated heterocycles. The van der Waals surface area contributed by atoms with Gasteiger partial charge in [-0.2, -0.15) is 0 Å². The molecule has 0 heteroatoms. The molecule has 0 fully saturated rings. The van der Waals surface area contributed by atoms with E-state index in [9.17, 15) is 0 Å². The Hall–Kier alpha value is -8.06. The fourth-order valence-corrected chi connectivity index (χ4v) is 8.68. The van der Waals surface area contributed by atoms with Crippen molar-refractivity contribution in [1.29, 1.82) is 0 Å². The third-order valence-corrected chi connectivity index (χ3v) is 11.8. The summed E-state index contributed by atoms with van der Waals surface area (Å²) in [6.07, 6.45) is 13.8. The van der Waals surface area contributed by atoms with Gasteiger partial charge in [0, 0.05) is 0 Å². The molecule has 0 bridgehead atoms. The predicted molar refractivity (Wildman–Crippen MR) is 269 cm³/mol. The van der Waals surface area contributed by atoms with Crippen LogP contribution in [0.15, 0.2) is 231 Å². The SMILES string of the molecule is C(=Cc1ccc2ccccc2c1C=Cc1ccccc1/C=C(\c1ccccc1)c1cccc2ccccc12)c1ccccc1/C=C(\c1ccccc1)c1cccc2ccccc12. The van der Waals surface area contributed by atoms with E-state index in [0.717, 1.165) is 27.8 Å². The Morgan fingerprint density at radius 1 is 0.242 bits per heavy atom. The van der Waals surface area contributed by atoms with Crippen LogP contribution >= 0.6 is 0 Å². The molecule has 0 aliphatic heterocycles. The molecule has 62 heavy (non-hydrogen) atoms. The van der Waals surface area contributed by atoms with Gasteiger partial charge in [0.1, 0.15) is 0 Å². The molecule has 0 aromatic heterocycles. The highest BCUT2D eigenvalue weighted by molar-refractivity contribution is 6.05. The van der Waals surface area contributed by atoms with Crippen molar-refractivity contribution in [2.75, 3.05) is 0 Å². The van der Waals surface area contributed by atoms with Crippen LogP contribution in [0.2, 0.25) is 0 Å². The number of benzene rings is 10. The fraction of sp³-hybridized carbons (Fsp3) is 0. The van der Waals surface area contributed by atoms with E-state index in [2.05, 4.69) is 267 Å². The van der Waals surface area contributed by atoms with E-state index < -0.39 is 0 Å². The summed E-state index contributed by atoms with van der Waals surface area (Å²) in [7, 11) is 0. The van der Waals surface area contributed by atoms with Crippen LogP contribution in [0.4, 0.5) is 0 Å². The molecule has 0 aliphatic carbocycles. The summed E-state index contributed by atoms with van der Waals surface area (Å²) in [5.41, 5.74) is 14.2. The van der Waals surface area contributed by atoms with Crippen LogP contribution in [0.3, 0.4) is 0 Å². The molecule has 0 amide bonds. The third-order valence-electron chi connectivity index (χ3n) is 11.8. The molecular weight excluding hydrogens is 745 g/mol. The van der Waals surface area contributed by atoms with Gasteiger partial charge in [-0.15, -0.1) is 0 Å². The van der Waals surface area contributed by atoms with E-state index in [-0.39, 0.29) is 0 Å². The van der Waals surface area contributed by atoms with Gasteiger partial charge in [-0.05, 0) is 111 Å². The molecular formula is C62H44. The Labute approximate surface area is 364 Å². The van der Waals surface area contributed by atoms with Gasteiger partial charge in [0.2, 0.25) is 0 Å². The first kappa shape index (κ1) is 38.2. The van der Waals surface area contributed by atoms with Crippen molar-refractivity contribution in [2.45, 2.75) is 0 Å². The smallest absolute Gasteiger partial charge is 0.00990 e. The van der Waals surface area contributed by atoms with Crippen molar-refractivity contribution in [3.63, 3.8) is 0 Å². The van der Waals surface area contributed by atoms with E-state index in [1.807, 2.05) is 0 Å². The highest BCUT2D eigenvalue weighted by Crippen LogP contribution is 2.35. The Morgan fingerprint density at radius 2 is 0.613 bits per heavy atom. The van der Waals surface area contributed by atoms with Crippen molar-refractivity contribution in [1.82, 2.24) is 0 Å². The lowest BCUT2D eigenvalue weighted by Crippen LogP contribution is -1.92. The van der Waals surface area contributed by atoms with Crippen molar-refractivity contribution in [2.24, 2.45) is 0 Å². The summed E-state index contributed by atoms with van der Waals surface area (Å²) < 4.78 is 0. The van der Waals surface area contributed by atoms with Crippen molar-refractivity contribution < 1.29 is 0 Å². The minimum absolute atomic E-state index is 1.15. The zero-order valence-electron chi connectivity index (χ0n) is 34.4. The van der Waals surface area contributed by atoms with Crippen LogP contribution < -0.4 is 0 Å². The Kier molecular flexibility index (Phi) is 10.9. The van der Waals surface area contributed by atoms with Crippen molar-refractivity contribution in [3.05, 3.63) is 286 Å². The lowest BCUT2D eigenvalue weighted by Gasteiger charge is -2.14. The molecule has 0 heterocycles. The Bertz CT molecular complexity index is 3310. The molecule has 10 aromatic carbocycles. The van der Waals surface area contributed by atoms with Gasteiger partial charge in [-0.1, -0.05) is 255 Å². The third kappa shape index (κ3) is 7.98. The lowest BCUT2D eigenvalue weighted by molar-refractivity contribution is 1.56. The quantitative estimate of drug-likeness (QED) is 0.121. The van der Waals surface area contributed by atoms with Gasteiger partial charge in [-0.25, -0.2) is 0 Å². The van der Waals surface area contributed by atoms with Crippen LogP contribution in [0.5, 0.6) is 0 Å². The summed E-state index contributed by atoms with van der Waals surface area (Å²) in [5.74, 6) is 0. The second-order valence-electron chi connectivity index (χ2n) is 15.6. The van der Waals surface area contributed by atoms with E-state index in [4.69, 9.17) is 0 Å². The van der Waals surface area contributed by atoms with Gasteiger partial charge in [0.25, 0.3) is 0 Å². The molecule has 0 radical (unpaired) electrons. The largest absolute Gasteiger partial charge is 0.0622 e. The second-order valence-corrected chi connectivity index (χ2v) is 15.6. The van der Waals surface area contributed by atoms with E-state index in [0.29, 0.717) is 0 Å². The first-order chi connectivity index (χ1) is 30.8. The van der Waals surface area contributed by atoms with E-state index in [1.54, 1.807) is 0 Å². The van der Waals surface area contributed by atoms with Crippen LogP contribution in [0.1, 0.15) is 55.6 Å². The number of hydrogen-bond acceptors (Lipinski definition) is 0. The van der Waals surface area contributed by atoms with Crippen LogP contribution in [-0.4, -0.2) is 0 Å². The fourth-order valence-electron chi connectivity index (χ4n) is 8.68. The molecule has 0 saturated carbocycles. The maximum absolute atomic E-state index is 2.35. The molecule has 10 rings (SSSR count). The summed E-state index contributed by atoms with van der Waals surface area (Å²) >= 11 is 0. The zero-order chi connectivity index (χ0) is 41.5. The van der Waals surface area contributed by atoms with Gasteiger partial charge < -0.3 is 0 Å². The van der Waals surface area contributed by atoms with Crippen LogP contribution in [0.25, 0.3) is 79.9 Å². The zero-order valence-corrected chi connectivity index (χ0v) is 34.4. The number of fused-ring (bicyclic) bond motifs is 3. The highest BCUT2D eigenvalue weighted by atomic mass is 14.2. The second kappa shape index (κ2) is 17.7. The minimum Gasteiger partial charge on any atom is -0.0622 e. The maximum atomic E-state index is 2.35. The normalized spacial score (nSPS) is 12.3. The standard InChI is InChI=1S/C62H44/c1-3-21-49(22-4-1)61(59-35-17-30-47-25-11-15-33-56(47)59)43-53-28-9-7-19-45(53)37-38-52-40-39-51-27-13-14-32-55(51)58(52)42-41-46-20-8-10-29-54(46)44-62(50-23-5-2-6-24-50)60-36-18-31-48-26-12-16-34-57(48)60/h1-44H/b38-37?,42-41?,61-43+,62-44+. The Morgan fingerprint density at radius 3 is 1.13 bits per heavy atom. The van der Waals surface area contributed by atoms with Gasteiger partial charge in [0.05, 0.1) is 0 Å². The van der Waals surface area contributed by atoms with Crippen molar-refractivity contribution in [3.8, 4) is 0 Å². The number of rotatable bonds is 10. The van der Waals surface area contributed by atoms with E-state index >= 15 is 0 Å². The first-order valence-corrected chi connectivity index (χ1v) is 21.3. The topological polar surface area (TPSA) is 0 Å².